The van der Waals surface area contributed by atoms with E-state index in [1.807, 2.05) is 49.4 Å². The number of hydrogen-bond donors (Lipinski definition) is 3. The molecule has 0 unspecified atom stereocenters. The van der Waals surface area contributed by atoms with Gasteiger partial charge in [-0.3, -0.25) is 14.4 Å². The van der Waals surface area contributed by atoms with Gasteiger partial charge in [-0.15, -0.1) is 0 Å². The average molecular weight is 484 g/mol. The van der Waals surface area contributed by atoms with Crippen molar-refractivity contribution in [1.29, 1.82) is 0 Å². The van der Waals surface area contributed by atoms with Gasteiger partial charge in [0.05, 0.1) is 6.42 Å². The molecule has 3 aromatic carbocycles. The molecule has 0 fully saturated rings. The summed E-state index contributed by atoms with van der Waals surface area (Å²) in [6, 6.07) is 21.3. The summed E-state index contributed by atoms with van der Waals surface area (Å²) in [4.78, 5) is 36.7. The molecule has 0 aliphatic heterocycles. The lowest BCUT2D eigenvalue weighted by molar-refractivity contribution is -0.136. The Labute approximate surface area is 209 Å². The molecular weight excluding hydrogens is 454 g/mol. The van der Waals surface area contributed by atoms with Crippen LogP contribution < -0.4 is 16.1 Å². The van der Waals surface area contributed by atoms with Gasteiger partial charge in [0.15, 0.2) is 0 Å². The van der Waals surface area contributed by atoms with E-state index in [4.69, 9.17) is 0 Å². The molecule has 0 atom stereocenters. The Hall–Kier alpha value is -4.46. The number of para-hydroxylation sites is 1. The molecule has 8 heteroatoms. The molecule has 1 aromatic heterocycles. The van der Waals surface area contributed by atoms with Crippen LogP contribution in [-0.2, 0) is 27.3 Å². The van der Waals surface area contributed by atoms with Crippen molar-refractivity contribution < 1.29 is 14.4 Å². The topological polar surface area (TPSA) is 105 Å². The number of aryl methyl sites for hydroxylation is 2. The Morgan fingerprint density at radius 2 is 1.50 bits per heavy atom. The zero-order valence-electron chi connectivity index (χ0n) is 20.6. The maximum Gasteiger partial charge on any atom is 0.329 e. The molecular formula is C28H29N5O3. The second-order valence-corrected chi connectivity index (χ2v) is 8.51. The zero-order chi connectivity index (χ0) is 25.7. The van der Waals surface area contributed by atoms with Crippen molar-refractivity contribution in [2.75, 3.05) is 10.6 Å². The third-order valence-electron chi connectivity index (χ3n) is 5.96. The molecule has 8 nitrogen and oxygen atoms in total. The lowest BCUT2D eigenvalue weighted by Crippen LogP contribution is -2.33. The minimum absolute atomic E-state index is 0.0326. The van der Waals surface area contributed by atoms with Crippen LogP contribution in [-0.4, -0.2) is 28.0 Å². The highest BCUT2D eigenvalue weighted by atomic mass is 16.2. The number of benzene rings is 3. The number of aromatic nitrogens is 1. The third kappa shape index (κ3) is 5.43. The highest BCUT2D eigenvalue weighted by Crippen LogP contribution is 2.31. The Bertz CT molecular complexity index is 1470. The average Bonchev–Trinajstić information content (AvgIpc) is 3.20. The predicted octanol–water partition coefficient (Wildman–Crippen LogP) is 4.84. The number of carbonyl (C=O) groups is 3. The van der Waals surface area contributed by atoms with Gasteiger partial charge in [-0.25, -0.2) is 5.43 Å². The maximum absolute atomic E-state index is 12.6. The van der Waals surface area contributed by atoms with Crippen molar-refractivity contribution >= 4 is 56.6 Å². The fourth-order valence-electron chi connectivity index (χ4n) is 4.16. The van der Waals surface area contributed by atoms with Gasteiger partial charge in [0.1, 0.15) is 0 Å². The fraction of sp³-hybridized carbons (Fsp3) is 0.214. The largest absolute Gasteiger partial charge is 0.341 e. The molecule has 0 saturated heterocycles. The quantitative estimate of drug-likeness (QED) is 0.199. The molecule has 0 bridgehead atoms. The Morgan fingerprint density at radius 3 is 2.22 bits per heavy atom. The number of fused-ring (bicyclic) bond motifs is 3. The van der Waals surface area contributed by atoms with Crippen molar-refractivity contribution in [3.63, 3.8) is 0 Å². The van der Waals surface area contributed by atoms with E-state index in [0.29, 0.717) is 17.1 Å². The molecule has 1 heterocycles. The van der Waals surface area contributed by atoms with Crippen LogP contribution in [0.3, 0.4) is 0 Å². The zero-order valence-corrected chi connectivity index (χ0v) is 20.6. The first-order valence-corrected chi connectivity index (χ1v) is 11.9. The van der Waals surface area contributed by atoms with Crippen LogP contribution in [0.2, 0.25) is 0 Å². The summed E-state index contributed by atoms with van der Waals surface area (Å²) >= 11 is 0. The van der Waals surface area contributed by atoms with Gasteiger partial charge < -0.3 is 15.2 Å². The van der Waals surface area contributed by atoms with E-state index in [-0.39, 0.29) is 12.3 Å². The standard InChI is InChI=1S/C28H29N5O3/c1-4-19-10-12-20(13-11-19)30-27(35)28(36)32-31-18(3)16-26(34)29-21-14-15-25-23(17-21)22-8-6-7-9-24(22)33(25)5-2/h6-15,17H,4-5,16H2,1-3H3,(H,29,34)(H,30,35)(H,32,36)/b31-18-. The maximum atomic E-state index is 12.6. The monoisotopic (exact) mass is 483 g/mol. The number of rotatable bonds is 7. The van der Waals surface area contributed by atoms with Gasteiger partial charge in [-0.1, -0.05) is 37.3 Å². The molecule has 3 amide bonds. The highest BCUT2D eigenvalue weighted by molar-refractivity contribution is 6.39. The number of nitrogens with zero attached hydrogens (tertiary/aromatic N) is 2. The molecule has 4 aromatic rings. The minimum atomic E-state index is -0.910. The van der Waals surface area contributed by atoms with Gasteiger partial charge in [0, 0.05) is 45.4 Å². The second kappa shape index (κ2) is 10.9. The molecule has 0 aliphatic carbocycles. The fourth-order valence-corrected chi connectivity index (χ4v) is 4.16. The Balaban J connectivity index is 1.35. The lowest BCUT2D eigenvalue weighted by Gasteiger charge is -2.07. The van der Waals surface area contributed by atoms with Crippen LogP contribution in [0.5, 0.6) is 0 Å². The first kappa shape index (κ1) is 24.7. The van der Waals surface area contributed by atoms with Gasteiger partial charge >= 0.3 is 11.8 Å². The van der Waals surface area contributed by atoms with Crippen molar-refractivity contribution in [2.24, 2.45) is 5.10 Å². The van der Waals surface area contributed by atoms with E-state index in [9.17, 15) is 14.4 Å². The molecule has 36 heavy (non-hydrogen) atoms. The van der Waals surface area contributed by atoms with Crippen molar-refractivity contribution in [1.82, 2.24) is 9.99 Å². The van der Waals surface area contributed by atoms with E-state index in [2.05, 4.69) is 44.8 Å². The number of amides is 3. The second-order valence-electron chi connectivity index (χ2n) is 8.51. The predicted molar refractivity (Wildman–Crippen MR) is 144 cm³/mol. The summed E-state index contributed by atoms with van der Waals surface area (Å²) in [7, 11) is 0. The highest BCUT2D eigenvalue weighted by Gasteiger charge is 2.14. The molecule has 0 spiro atoms. The molecule has 184 valence electrons. The summed E-state index contributed by atoms with van der Waals surface area (Å²) in [6.45, 7) is 6.60. The number of anilines is 2. The van der Waals surface area contributed by atoms with Gasteiger partial charge in [-0.2, -0.15) is 5.10 Å². The van der Waals surface area contributed by atoms with Gasteiger partial charge in [0.2, 0.25) is 5.91 Å². The van der Waals surface area contributed by atoms with Crippen molar-refractivity contribution in [3.8, 4) is 0 Å². The SMILES string of the molecule is CCc1ccc(NC(=O)C(=O)N/N=C(/C)CC(=O)Nc2ccc3c(c2)c2ccccc2n3CC)cc1. The van der Waals surface area contributed by atoms with Crippen LogP contribution in [0.4, 0.5) is 11.4 Å². The molecule has 3 N–H and O–H groups in total. The Morgan fingerprint density at radius 1 is 0.806 bits per heavy atom. The van der Waals surface area contributed by atoms with Gasteiger partial charge in [0.25, 0.3) is 0 Å². The number of carbonyl (C=O) groups excluding carboxylic acids is 3. The van der Waals surface area contributed by atoms with Crippen LogP contribution in [0.25, 0.3) is 21.8 Å². The van der Waals surface area contributed by atoms with Crippen LogP contribution in [0.15, 0.2) is 71.8 Å². The molecule has 0 radical (unpaired) electrons. The van der Waals surface area contributed by atoms with Crippen molar-refractivity contribution in [2.45, 2.75) is 40.2 Å². The van der Waals surface area contributed by atoms with Crippen LogP contribution >= 0.6 is 0 Å². The van der Waals surface area contributed by atoms with Crippen LogP contribution in [0, 0.1) is 0 Å². The third-order valence-corrected chi connectivity index (χ3v) is 5.96. The van der Waals surface area contributed by atoms with E-state index in [0.717, 1.165) is 40.3 Å². The van der Waals surface area contributed by atoms with Crippen molar-refractivity contribution in [3.05, 3.63) is 72.3 Å². The summed E-state index contributed by atoms with van der Waals surface area (Å²) in [5, 5.41) is 11.5. The molecule has 4 rings (SSSR count). The Kier molecular flexibility index (Phi) is 7.44. The number of nitrogens with one attached hydrogen (secondary N) is 3. The lowest BCUT2D eigenvalue weighted by atomic mass is 10.1. The van der Waals surface area contributed by atoms with E-state index in [1.165, 1.54) is 0 Å². The normalized spacial score (nSPS) is 11.5. The summed E-state index contributed by atoms with van der Waals surface area (Å²) in [5.74, 6) is -2.02. The van der Waals surface area contributed by atoms with E-state index >= 15 is 0 Å². The summed E-state index contributed by atoms with van der Waals surface area (Å²) in [6.07, 6.45) is 0.851. The minimum Gasteiger partial charge on any atom is -0.341 e. The molecule has 0 saturated carbocycles. The summed E-state index contributed by atoms with van der Waals surface area (Å²) in [5.41, 5.74) is 7.15. The number of hydrazone groups is 1. The first-order valence-electron chi connectivity index (χ1n) is 11.9. The van der Waals surface area contributed by atoms with E-state index < -0.39 is 11.8 Å². The molecule has 0 aliphatic rings. The van der Waals surface area contributed by atoms with Gasteiger partial charge in [-0.05, 0) is 62.2 Å². The van der Waals surface area contributed by atoms with Crippen LogP contribution in [0.1, 0.15) is 32.8 Å². The van der Waals surface area contributed by atoms with E-state index in [1.54, 1.807) is 19.1 Å². The number of hydrogen-bond acceptors (Lipinski definition) is 4. The summed E-state index contributed by atoms with van der Waals surface area (Å²) < 4.78 is 2.24. The smallest absolute Gasteiger partial charge is 0.329 e. The first-order chi connectivity index (χ1) is 17.4.